The van der Waals surface area contributed by atoms with Crippen LogP contribution in [0.4, 0.5) is 5.69 Å². The van der Waals surface area contributed by atoms with E-state index in [2.05, 4.69) is 0 Å². The minimum atomic E-state index is -0.854. The number of hydrogen-bond donors (Lipinski definition) is 1. The van der Waals surface area contributed by atoms with Crippen LogP contribution in [0.25, 0.3) is 0 Å². The summed E-state index contributed by atoms with van der Waals surface area (Å²) in [6.07, 6.45) is 0.0485. The van der Waals surface area contributed by atoms with Gasteiger partial charge >= 0.3 is 5.97 Å². The zero-order valence-corrected chi connectivity index (χ0v) is 15.7. The number of thiophene rings is 1. The van der Waals surface area contributed by atoms with Gasteiger partial charge < -0.3 is 19.5 Å². The van der Waals surface area contributed by atoms with Crippen LogP contribution in [0, 0.1) is 0 Å². The van der Waals surface area contributed by atoms with Gasteiger partial charge in [-0.25, -0.2) is 0 Å². The van der Waals surface area contributed by atoms with Gasteiger partial charge in [0.25, 0.3) is 0 Å². The Labute approximate surface area is 159 Å². The molecule has 138 valence electrons. The molecule has 26 heavy (non-hydrogen) atoms. The zero-order chi connectivity index (χ0) is 18.4. The lowest BCUT2D eigenvalue weighted by Gasteiger charge is -2.25. The molecule has 2 heterocycles. The second-order valence-electron chi connectivity index (χ2n) is 5.58. The van der Waals surface area contributed by atoms with Crippen LogP contribution in [-0.2, 0) is 16.1 Å². The molecule has 0 unspecified atom stereocenters. The summed E-state index contributed by atoms with van der Waals surface area (Å²) >= 11 is 2.92. The highest BCUT2D eigenvalue weighted by atomic mass is 32.2. The number of nitrogens with zero attached hydrogens (tertiary/aromatic N) is 1. The standard InChI is InChI=1S/C18H19NO5S2/c20-17(12-25-9-5-18(21)22)19(11-14-2-1-8-26-14)13-3-4-15-16(10-13)24-7-6-23-15/h1-4,8,10H,5-7,9,11-12H2,(H,21,22). The molecule has 0 fully saturated rings. The van der Waals surface area contributed by atoms with Crippen LogP contribution in [0.1, 0.15) is 11.3 Å². The van der Waals surface area contributed by atoms with E-state index in [1.54, 1.807) is 16.2 Å². The SMILES string of the molecule is O=C(O)CCSCC(=O)N(Cc1cccs1)c1ccc2c(c1)OCCO2. The molecular formula is C18H19NO5S2. The number of rotatable bonds is 8. The Morgan fingerprint density at radius 2 is 2.00 bits per heavy atom. The number of thioether (sulfide) groups is 1. The first-order chi connectivity index (χ1) is 12.6. The number of benzene rings is 1. The number of carbonyl (C=O) groups excluding carboxylic acids is 1. The molecule has 8 heteroatoms. The molecule has 1 aliphatic rings. The second-order valence-corrected chi connectivity index (χ2v) is 7.72. The molecule has 0 spiro atoms. The number of amides is 1. The molecule has 1 N–H and O–H groups in total. The van der Waals surface area contributed by atoms with Crippen molar-refractivity contribution in [3.8, 4) is 11.5 Å². The van der Waals surface area contributed by atoms with Gasteiger partial charge in [0.2, 0.25) is 5.91 Å². The van der Waals surface area contributed by atoms with Crippen molar-refractivity contribution >= 4 is 40.7 Å². The average Bonchev–Trinajstić information content (AvgIpc) is 3.16. The lowest BCUT2D eigenvalue weighted by atomic mass is 10.2. The van der Waals surface area contributed by atoms with Crippen molar-refractivity contribution in [3.63, 3.8) is 0 Å². The molecule has 1 amide bonds. The summed E-state index contributed by atoms with van der Waals surface area (Å²) < 4.78 is 11.2. The molecule has 2 aromatic rings. The molecule has 3 rings (SSSR count). The fourth-order valence-electron chi connectivity index (χ4n) is 2.48. The minimum absolute atomic E-state index is 0.0485. The lowest BCUT2D eigenvalue weighted by Crippen LogP contribution is -2.32. The maximum Gasteiger partial charge on any atom is 0.304 e. The number of carboxylic acids is 1. The van der Waals surface area contributed by atoms with Crippen molar-refractivity contribution < 1.29 is 24.2 Å². The third-order valence-electron chi connectivity index (χ3n) is 3.72. The van der Waals surface area contributed by atoms with Gasteiger partial charge in [-0.2, -0.15) is 11.8 Å². The van der Waals surface area contributed by atoms with Crippen molar-refractivity contribution in [2.45, 2.75) is 13.0 Å². The van der Waals surface area contributed by atoms with E-state index in [1.807, 2.05) is 35.7 Å². The topological polar surface area (TPSA) is 76.1 Å². The Bertz CT molecular complexity index is 763. The number of carboxylic acid groups (broad SMARTS) is 1. The van der Waals surface area contributed by atoms with Crippen LogP contribution in [-0.4, -0.2) is 41.7 Å². The molecule has 0 bridgehead atoms. The number of carbonyl (C=O) groups is 2. The van der Waals surface area contributed by atoms with Crippen LogP contribution >= 0.6 is 23.1 Å². The Hall–Kier alpha value is -2.19. The summed E-state index contributed by atoms with van der Waals surface area (Å²) in [7, 11) is 0. The molecule has 0 saturated heterocycles. The van der Waals surface area contributed by atoms with Crippen LogP contribution in [0.2, 0.25) is 0 Å². The summed E-state index contributed by atoms with van der Waals surface area (Å²) in [6.45, 7) is 1.47. The van der Waals surface area contributed by atoms with Crippen molar-refractivity contribution in [1.82, 2.24) is 0 Å². The first-order valence-corrected chi connectivity index (χ1v) is 10.2. The normalized spacial score (nSPS) is 12.6. The molecule has 1 aromatic carbocycles. The number of aliphatic carboxylic acids is 1. The first-order valence-electron chi connectivity index (χ1n) is 8.15. The summed E-state index contributed by atoms with van der Waals surface area (Å²) in [4.78, 5) is 26.2. The molecule has 0 radical (unpaired) electrons. The van der Waals surface area contributed by atoms with Gasteiger partial charge in [0.15, 0.2) is 11.5 Å². The fraction of sp³-hybridized carbons (Fsp3) is 0.333. The fourth-order valence-corrected chi connectivity index (χ4v) is 3.97. The highest BCUT2D eigenvalue weighted by Gasteiger charge is 2.20. The largest absolute Gasteiger partial charge is 0.486 e. The second kappa shape index (κ2) is 8.95. The Balaban J connectivity index is 1.74. The summed E-state index contributed by atoms with van der Waals surface area (Å²) in [5.41, 5.74) is 0.742. The van der Waals surface area contributed by atoms with Crippen LogP contribution in [0.3, 0.4) is 0 Å². The molecule has 0 atom stereocenters. The molecule has 1 aromatic heterocycles. The molecule has 1 aliphatic heterocycles. The van der Waals surface area contributed by atoms with Crippen molar-refractivity contribution in [2.24, 2.45) is 0 Å². The van der Waals surface area contributed by atoms with Gasteiger partial charge in [0.1, 0.15) is 13.2 Å². The highest BCUT2D eigenvalue weighted by Crippen LogP contribution is 2.35. The Kier molecular flexibility index (Phi) is 6.40. The van der Waals surface area contributed by atoms with Gasteiger partial charge in [-0.3, -0.25) is 9.59 Å². The van der Waals surface area contributed by atoms with E-state index >= 15 is 0 Å². The Morgan fingerprint density at radius 3 is 2.73 bits per heavy atom. The monoisotopic (exact) mass is 393 g/mol. The molecular weight excluding hydrogens is 374 g/mol. The number of anilines is 1. The van der Waals surface area contributed by atoms with Gasteiger partial charge in [0, 0.05) is 22.4 Å². The predicted octanol–water partition coefficient (Wildman–Crippen LogP) is 3.26. The smallest absolute Gasteiger partial charge is 0.304 e. The summed E-state index contributed by atoms with van der Waals surface area (Å²) in [5.74, 6) is 1.04. The van der Waals surface area contributed by atoms with E-state index in [0.717, 1.165) is 10.6 Å². The Morgan fingerprint density at radius 1 is 1.19 bits per heavy atom. The van der Waals surface area contributed by atoms with Crippen molar-refractivity contribution in [1.29, 1.82) is 0 Å². The van der Waals surface area contributed by atoms with E-state index in [-0.39, 0.29) is 18.1 Å². The van der Waals surface area contributed by atoms with Crippen LogP contribution < -0.4 is 14.4 Å². The van der Waals surface area contributed by atoms with Gasteiger partial charge in [-0.1, -0.05) is 6.07 Å². The molecule has 6 nitrogen and oxygen atoms in total. The van der Waals surface area contributed by atoms with E-state index in [9.17, 15) is 9.59 Å². The van der Waals surface area contributed by atoms with Crippen LogP contribution in [0.15, 0.2) is 35.7 Å². The lowest BCUT2D eigenvalue weighted by molar-refractivity contribution is -0.136. The van der Waals surface area contributed by atoms with E-state index in [1.165, 1.54) is 11.8 Å². The number of fused-ring (bicyclic) bond motifs is 1. The summed E-state index contributed by atoms with van der Waals surface area (Å²) in [6, 6.07) is 9.42. The van der Waals surface area contributed by atoms with E-state index in [0.29, 0.717) is 37.0 Å². The predicted molar refractivity (Wildman–Crippen MR) is 103 cm³/mol. The van der Waals surface area contributed by atoms with Gasteiger partial charge in [-0.15, -0.1) is 11.3 Å². The van der Waals surface area contributed by atoms with E-state index < -0.39 is 5.97 Å². The van der Waals surface area contributed by atoms with Crippen molar-refractivity contribution in [3.05, 3.63) is 40.6 Å². The maximum absolute atomic E-state index is 12.8. The maximum atomic E-state index is 12.8. The molecule has 0 aliphatic carbocycles. The summed E-state index contributed by atoms with van der Waals surface area (Å²) in [5, 5.41) is 10.7. The quantitative estimate of drug-likeness (QED) is 0.694. The number of ether oxygens (including phenoxy) is 2. The molecule has 0 saturated carbocycles. The number of hydrogen-bond acceptors (Lipinski definition) is 6. The zero-order valence-electron chi connectivity index (χ0n) is 14.1. The van der Waals surface area contributed by atoms with E-state index in [4.69, 9.17) is 14.6 Å². The van der Waals surface area contributed by atoms with Crippen LogP contribution in [0.5, 0.6) is 11.5 Å². The third-order valence-corrected chi connectivity index (χ3v) is 5.52. The van der Waals surface area contributed by atoms with Gasteiger partial charge in [0.05, 0.1) is 18.7 Å². The highest BCUT2D eigenvalue weighted by molar-refractivity contribution is 7.99. The average molecular weight is 393 g/mol. The first kappa shape index (κ1) is 18.6. The minimum Gasteiger partial charge on any atom is -0.486 e. The van der Waals surface area contributed by atoms with Crippen molar-refractivity contribution in [2.75, 3.05) is 29.6 Å². The third kappa shape index (κ3) is 4.92. The van der Waals surface area contributed by atoms with Gasteiger partial charge in [-0.05, 0) is 23.6 Å².